The van der Waals surface area contributed by atoms with Crippen molar-refractivity contribution in [2.75, 3.05) is 17.3 Å². The number of carbonyl (C=O) groups excluding carboxylic acids is 2. The van der Waals surface area contributed by atoms with Gasteiger partial charge in [0.2, 0.25) is 5.91 Å². The lowest BCUT2D eigenvalue weighted by Crippen LogP contribution is -2.45. The van der Waals surface area contributed by atoms with Crippen LogP contribution in [0.1, 0.15) is 22.3 Å². The maximum atomic E-state index is 13.4. The van der Waals surface area contributed by atoms with Gasteiger partial charge in [-0.3, -0.25) is 9.59 Å². The molecule has 1 atom stereocenters. The quantitative estimate of drug-likeness (QED) is 0.796. The highest BCUT2D eigenvalue weighted by Crippen LogP contribution is 2.26. The Hall–Kier alpha value is -2.81. The molecule has 0 spiro atoms. The van der Waals surface area contributed by atoms with Crippen LogP contribution < -0.4 is 5.32 Å². The fourth-order valence-electron chi connectivity index (χ4n) is 3.08. The van der Waals surface area contributed by atoms with Gasteiger partial charge in [0.1, 0.15) is 15.9 Å². The number of nitrogens with one attached hydrogen (secondary N) is 1. The fraction of sp³-hybridized carbons (Fsp3) is 0.263. The van der Waals surface area contributed by atoms with Gasteiger partial charge in [0, 0.05) is 30.1 Å². The first-order valence-electron chi connectivity index (χ1n) is 8.48. The second-order valence-corrected chi connectivity index (χ2v) is 8.90. The average molecular weight is 408 g/mol. The minimum atomic E-state index is -3.38. The van der Waals surface area contributed by atoms with Gasteiger partial charge in [0.25, 0.3) is 5.91 Å². The van der Waals surface area contributed by atoms with Crippen LogP contribution in [0.25, 0.3) is 0 Å². The van der Waals surface area contributed by atoms with Crippen molar-refractivity contribution in [1.82, 2.24) is 4.90 Å². The van der Waals surface area contributed by atoms with E-state index >= 15 is 0 Å². The van der Waals surface area contributed by atoms with Crippen LogP contribution in [0, 0.1) is 11.6 Å². The van der Waals surface area contributed by atoms with Crippen molar-refractivity contribution < 1.29 is 26.8 Å². The largest absolute Gasteiger partial charge is 0.324 e. The molecule has 2 amide bonds. The Balaban J connectivity index is 1.85. The SMILES string of the molecule is CS(=O)(=O)CC[C@H](C(=O)Nc1ccc(F)c(F)c1)N1Cc2ccccc2C1=O. The van der Waals surface area contributed by atoms with Crippen molar-refractivity contribution >= 4 is 27.3 Å². The maximum Gasteiger partial charge on any atom is 0.255 e. The first kappa shape index (κ1) is 19.9. The summed E-state index contributed by atoms with van der Waals surface area (Å²) in [4.78, 5) is 26.8. The van der Waals surface area contributed by atoms with Crippen LogP contribution in [0.2, 0.25) is 0 Å². The van der Waals surface area contributed by atoms with Crippen molar-refractivity contribution in [3.05, 3.63) is 65.2 Å². The minimum Gasteiger partial charge on any atom is -0.324 e. The summed E-state index contributed by atoms with van der Waals surface area (Å²) in [6.45, 7) is 0.161. The summed E-state index contributed by atoms with van der Waals surface area (Å²) in [6, 6.07) is 8.66. The van der Waals surface area contributed by atoms with Crippen LogP contribution >= 0.6 is 0 Å². The van der Waals surface area contributed by atoms with E-state index in [2.05, 4.69) is 5.32 Å². The highest BCUT2D eigenvalue weighted by molar-refractivity contribution is 7.90. The molecule has 1 aliphatic heterocycles. The second-order valence-electron chi connectivity index (χ2n) is 6.64. The average Bonchev–Trinajstić information content (AvgIpc) is 2.94. The van der Waals surface area contributed by atoms with Gasteiger partial charge in [-0.1, -0.05) is 18.2 Å². The summed E-state index contributed by atoms with van der Waals surface area (Å²) in [5.41, 5.74) is 1.20. The van der Waals surface area contributed by atoms with E-state index in [9.17, 15) is 26.8 Å². The molecule has 148 valence electrons. The lowest BCUT2D eigenvalue weighted by molar-refractivity contribution is -0.120. The Morgan fingerprint density at radius 3 is 2.54 bits per heavy atom. The zero-order chi connectivity index (χ0) is 20.5. The number of anilines is 1. The summed E-state index contributed by atoms with van der Waals surface area (Å²) in [7, 11) is -3.38. The Morgan fingerprint density at radius 2 is 1.89 bits per heavy atom. The predicted octanol–water partition coefficient (Wildman–Crippen LogP) is 2.36. The number of benzene rings is 2. The van der Waals surface area contributed by atoms with E-state index in [1.165, 1.54) is 11.0 Å². The van der Waals surface area contributed by atoms with Crippen LogP contribution in [0.15, 0.2) is 42.5 Å². The fourth-order valence-corrected chi connectivity index (χ4v) is 3.73. The summed E-state index contributed by atoms with van der Waals surface area (Å²) in [5.74, 6) is -3.54. The molecule has 0 unspecified atom stereocenters. The van der Waals surface area contributed by atoms with Crippen molar-refractivity contribution in [1.29, 1.82) is 0 Å². The maximum absolute atomic E-state index is 13.4. The monoisotopic (exact) mass is 408 g/mol. The van der Waals surface area contributed by atoms with Gasteiger partial charge in [-0.25, -0.2) is 17.2 Å². The lowest BCUT2D eigenvalue weighted by Gasteiger charge is -2.26. The number of hydrogen-bond donors (Lipinski definition) is 1. The number of sulfone groups is 1. The Labute approximate surface area is 161 Å². The molecule has 1 aliphatic rings. The van der Waals surface area contributed by atoms with Crippen LogP contribution in [-0.2, 0) is 21.2 Å². The van der Waals surface area contributed by atoms with E-state index in [-0.39, 0.29) is 30.3 Å². The van der Waals surface area contributed by atoms with Crippen molar-refractivity contribution in [3.63, 3.8) is 0 Å². The van der Waals surface area contributed by atoms with Crippen LogP contribution in [0.5, 0.6) is 0 Å². The standard InChI is InChI=1S/C19H18F2N2O4S/c1-28(26,27)9-8-17(18(24)22-13-6-7-15(20)16(21)10-13)23-11-12-4-2-3-5-14(12)19(23)25/h2-7,10,17H,8-9,11H2,1H3,(H,22,24)/t17-/m1/s1. The summed E-state index contributed by atoms with van der Waals surface area (Å²) < 4.78 is 49.7. The number of hydrogen-bond acceptors (Lipinski definition) is 4. The van der Waals surface area contributed by atoms with E-state index < -0.39 is 33.4 Å². The molecule has 1 N–H and O–H groups in total. The molecular weight excluding hydrogens is 390 g/mol. The van der Waals surface area contributed by atoms with E-state index in [1.807, 2.05) is 0 Å². The molecule has 0 fully saturated rings. The predicted molar refractivity (Wildman–Crippen MR) is 99.4 cm³/mol. The molecule has 0 aromatic heterocycles. The van der Waals surface area contributed by atoms with Gasteiger partial charge < -0.3 is 10.2 Å². The van der Waals surface area contributed by atoms with E-state index in [0.717, 1.165) is 24.0 Å². The van der Waals surface area contributed by atoms with Gasteiger partial charge in [-0.2, -0.15) is 0 Å². The normalized spacial score (nSPS) is 14.7. The van der Waals surface area contributed by atoms with Crippen LogP contribution in [-0.4, -0.2) is 43.2 Å². The molecule has 0 bridgehead atoms. The van der Waals surface area contributed by atoms with Crippen molar-refractivity contribution in [2.45, 2.75) is 19.0 Å². The molecule has 0 saturated heterocycles. The van der Waals surface area contributed by atoms with Gasteiger partial charge in [-0.05, 0) is 30.2 Å². The van der Waals surface area contributed by atoms with Gasteiger partial charge in [0.15, 0.2) is 11.6 Å². The first-order chi connectivity index (χ1) is 13.2. The molecule has 3 rings (SSSR count). The van der Waals surface area contributed by atoms with Gasteiger partial charge in [-0.15, -0.1) is 0 Å². The molecule has 1 heterocycles. The third-order valence-electron chi connectivity index (χ3n) is 4.48. The number of rotatable bonds is 6. The molecule has 0 saturated carbocycles. The topological polar surface area (TPSA) is 83.6 Å². The van der Waals surface area contributed by atoms with E-state index in [1.54, 1.807) is 24.3 Å². The summed E-state index contributed by atoms with van der Waals surface area (Å²) in [5, 5.41) is 2.44. The molecule has 9 heteroatoms. The van der Waals surface area contributed by atoms with Crippen LogP contribution in [0.3, 0.4) is 0 Å². The van der Waals surface area contributed by atoms with Gasteiger partial charge in [0.05, 0.1) is 5.75 Å². The Morgan fingerprint density at radius 1 is 1.18 bits per heavy atom. The highest BCUT2D eigenvalue weighted by Gasteiger charge is 2.36. The number of halogens is 2. The number of nitrogens with zero attached hydrogens (tertiary/aromatic N) is 1. The molecule has 2 aromatic rings. The third kappa shape index (κ3) is 4.36. The van der Waals surface area contributed by atoms with Crippen LogP contribution in [0.4, 0.5) is 14.5 Å². The van der Waals surface area contributed by atoms with E-state index in [4.69, 9.17) is 0 Å². The molecule has 2 aromatic carbocycles. The number of carbonyl (C=O) groups is 2. The zero-order valence-electron chi connectivity index (χ0n) is 15.0. The molecule has 6 nitrogen and oxygen atoms in total. The smallest absolute Gasteiger partial charge is 0.255 e. The Kier molecular flexibility index (Phi) is 5.46. The van der Waals surface area contributed by atoms with Gasteiger partial charge >= 0.3 is 0 Å². The summed E-state index contributed by atoms with van der Waals surface area (Å²) >= 11 is 0. The summed E-state index contributed by atoms with van der Waals surface area (Å²) in [6.07, 6.45) is 0.923. The minimum absolute atomic E-state index is 0.0115. The van der Waals surface area contributed by atoms with Crippen molar-refractivity contribution in [2.24, 2.45) is 0 Å². The number of amides is 2. The van der Waals surface area contributed by atoms with Crippen molar-refractivity contribution in [3.8, 4) is 0 Å². The molecular formula is C19H18F2N2O4S. The molecule has 0 radical (unpaired) electrons. The first-order valence-corrected chi connectivity index (χ1v) is 10.5. The zero-order valence-corrected chi connectivity index (χ0v) is 15.8. The number of fused-ring (bicyclic) bond motifs is 1. The molecule has 28 heavy (non-hydrogen) atoms. The highest BCUT2D eigenvalue weighted by atomic mass is 32.2. The third-order valence-corrected chi connectivity index (χ3v) is 5.45. The Bertz CT molecular complexity index is 1040. The molecule has 0 aliphatic carbocycles. The lowest BCUT2D eigenvalue weighted by atomic mass is 10.1. The second kappa shape index (κ2) is 7.67. The van der Waals surface area contributed by atoms with E-state index in [0.29, 0.717) is 5.56 Å².